The Morgan fingerprint density at radius 1 is 0.640 bits per heavy atom. The van der Waals surface area contributed by atoms with Crippen LogP contribution in [0.5, 0.6) is 0 Å². The predicted molar refractivity (Wildman–Crippen MR) is 105 cm³/mol. The molecule has 0 saturated carbocycles. The van der Waals surface area contributed by atoms with Crippen LogP contribution in [-0.2, 0) is 9.31 Å². The molecule has 0 aromatic heterocycles. The van der Waals surface area contributed by atoms with Gasteiger partial charge in [-0.2, -0.15) is 0 Å². The SMILES string of the molecule is CC1(C)OB(c2ccccc2-c2cccc3ccccc23)OC1(C)C. The summed E-state index contributed by atoms with van der Waals surface area (Å²) in [4.78, 5) is 0. The van der Waals surface area contributed by atoms with E-state index in [1.54, 1.807) is 0 Å². The lowest BCUT2D eigenvalue weighted by Gasteiger charge is -2.32. The average Bonchev–Trinajstić information content (AvgIpc) is 2.82. The van der Waals surface area contributed by atoms with Crippen molar-refractivity contribution in [2.24, 2.45) is 0 Å². The Morgan fingerprint density at radius 2 is 1.20 bits per heavy atom. The van der Waals surface area contributed by atoms with Crippen LogP contribution in [0, 0.1) is 0 Å². The molecular weight excluding hydrogens is 307 g/mol. The van der Waals surface area contributed by atoms with Crippen LogP contribution < -0.4 is 5.46 Å². The molecular formula is C22H23BO2. The maximum absolute atomic E-state index is 6.30. The van der Waals surface area contributed by atoms with Crippen molar-refractivity contribution in [3.8, 4) is 11.1 Å². The van der Waals surface area contributed by atoms with Gasteiger partial charge in [0.05, 0.1) is 11.2 Å². The first-order valence-corrected chi connectivity index (χ1v) is 8.82. The smallest absolute Gasteiger partial charge is 0.399 e. The lowest BCUT2D eigenvalue weighted by Crippen LogP contribution is -2.41. The molecule has 3 heteroatoms. The lowest BCUT2D eigenvalue weighted by atomic mass is 9.74. The highest BCUT2D eigenvalue weighted by atomic mass is 16.7. The van der Waals surface area contributed by atoms with E-state index in [0.29, 0.717) is 0 Å². The van der Waals surface area contributed by atoms with Gasteiger partial charge in [-0.15, -0.1) is 0 Å². The van der Waals surface area contributed by atoms with E-state index < -0.39 is 0 Å². The van der Waals surface area contributed by atoms with Crippen LogP contribution in [0.3, 0.4) is 0 Å². The van der Waals surface area contributed by atoms with E-state index in [-0.39, 0.29) is 18.3 Å². The summed E-state index contributed by atoms with van der Waals surface area (Å²) in [6.45, 7) is 8.36. The highest BCUT2D eigenvalue weighted by Gasteiger charge is 2.52. The quantitative estimate of drug-likeness (QED) is 0.628. The minimum absolute atomic E-state index is 0.344. The molecule has 0 unspecified atom stereocenters. The van der Waals surface area contributed by atoms with Gasteiger partial charge in [-0.1, -0.05) is 66.7 Å². The second-order valence-corrected chi connectivity index (χ2v) is 7.70. The van der Waals surface area contributed by atoms with E-state index in [2.05, 4.69) is 94.4 Å². The van der Waals surface area contributed by atoms with Gasteiger partial charge in [0.25, 0.3) is 0 Å². The summed E-state index contributed by atoms with van der Waals surface area (Å²) in [5.74, 6) is 0. The Bertz CT molecular complexity index is 909. The van der Waals surface area contributed by atoms with Crippen molar-refractivity contribution >= 4 is 23.4 Å². The third-order valence-electron chi connectivity index (χ3n) is 5.55. The largest absolute Gasteiger partial charge is 0.495 e. The fourth-order valence-corrected chi connectivity index (χ4v) is 3.38. The molecule has 0 spiro atoms. The Kier molecular flexibility index (Phi) is 3.75. The topological polar surface area (TPSA) is 18.5 Å². The monoisotopic (exact) mass is 330 g/mol. The summed E-state index contributed by atoms with van der Waals surface area (Å²) in [6, 6.07) is 23.3. The molecule has 1 saturated heterocycles. The standard InChI is InChI=1S/C22H23BO2/c1-21(2)22(3,4)25-23(24-21)20-15-8-7-13-19(20)18-14-9-11-16-10-5-6-12-17(16)18/h5-15H,1-4H3. The molecule has 0 aliphatic carbocycles. The van der Waals surface area contributed by atoms with Crippen LogP contribution in [0.1, 0.15) is 27.7 Å². The van der Waals surface area contributed by atoms with Crippen LogP contribution in [0.4, 0.5) is 0 Å². The molecule has 0 radical (unpaired) electrons. The third kappa shape index (κ3) is 2.68. The van der Waals surface area contributed by atoms with Crippen molar-refractivity contribution in [2.75, 3.05) is 0 Å². The van der Waals surface area contributed by atoms with Crippen molar-refractivity contribution < 1.29 is 9.31 Å². The van der Waals surface area contributed by atoms with E-state index in [9.17, 15) is 0 Å². The molecule has 25 heavy (non-hydrogen) atoms. The third-order valence-corrected chi connectivity index (χ3v) is 5.55. The molecule has 0 amide bonds. The Morgan fingerprint density at radius 3 is 1.96 bits per heavy atom. The summed E-state index contributed by atoms with van der Waals surface area (Å²) >= 11 is 0. The minimum atomic E-state index is -0.361. The first-order chi connectivity index (χ1) is 11.9. The van der Waals surface area contributed by atoms with Gasteiger partial charge in [-0.3, -0.25) is 0 Å². The van der Waals surface area contributed by atoms with E-state index in [0.717, 1.165) is 11.0 Å². The Balaban J connectivity index is 1.86. The van der Waals surface area contributed by atoms with Crippen LogP contribution >= 0.6 is 0 Å². The van der Waals surface area contributed by atoms with Crippen molar-refractivity contribution in [2.45, 2.75) is 38.9 Å². The summed E-state index contributed by atoms with van der Waals surface area (Å²) in [5.41, 5.74) is 2.77. The van der Waals surface area contributed by atoms with Gasteiger partial charge >= 0.3 is 7.12 Å². The second kappa shape index (κ2) is 5.72. The zero-order valence-corrected chi connectivity index (χ0v) is 15.2. The number of fused-ring (bicyclic) bond motifs is 1. The summed E-state index contributed by atoms with van der Waals surface area (Å²) in [6.07, 6.45) is 0. The summed E-state index contributed by atoms with van der Waals surface area (Å²) < 4.78 is 12.6. The van der Waals surface area contributed by atoms with Gasteiger partial charge in [0, 0.05) is 0 Å². The van der Waals surface area contributed by atoms with Gasteiger partial charge in [0.2, 0.25) is 0 Å². The number of hydrogen-bond acceptors (Lipinski definition) is 2. The second-order valence-electron chi connectivity index (χ2n) is 7.70. The molecule has 2 nitrogen and oxygen atoms in total. The van der Waals surface area contributed by atoms with Crippen LogP contribution in [-0.4, -0.2) is 18.3 Å². The first-order valence-electron chi connectivity index (χ1n) is 8.82. The molecule has 0 N–H and O–H groups in total. The van der Waals surface area contributed by atoms with Gasteiger partial charge < -0.3 is 9.31 Å². The first kappa shape index (κ1) is 16.4. The van der Waals surface area contributed by atoms with Crippen molar-refractivity contribution in [3.63, 3.8) is 0 Å². The zero-order chi connectivity index (χ0) is 17.7. The molecule has 1 fully saturated rings. The Hall–Kier alpha value is -2.10. The highest BCUT2D eigenvalue weighted by Crippen LogP contribution is 2.37. The molecule has 3 aromatic carbocycles. The number of hydrogen-bond donors (Lipinski definition) is 0. The minimum Gasteiger partial charge on any atom is -0.399 e. The highest BCUT2D eigenvalue weighted by molar-refractivity contribution is 6.64. The molecule has 126 valence electrons. The zero-order valence-electron chi connectivity index (χ0n) is 15.2. The van der Waals surface area contributed by atoms with Crippen molar-refractivity contribution in [1.82, 2.24) is 0 Å². The molecule has 0 bridgehead atoms. The van der Waals surface area contributed by atoms with Gasteiger partial charge in [0.1, 0.15) is 0 Å². The lowest BCUT2D eigenvalue weighted by molar-refractivity contribution is 0.00578. The fraction of sp³-hybridized carbons (Fsp3) is 0.273. The van der Waals surface area contributed by atoms with Crippen molar-refractivity contribution in [3.05, 3.63) is 66.7 Å². The molecule has 1 aliphatic heterocycles. The van der Waals surface area contributed by atoms with Crippen molar-refractivity contribution in [1.29, 1.82) is 0 Å². The normalized spacial score (nSPS) is 18.6. The van der Waals surface area contributed by atoms with E-state index in [1.807, 2.05) is 0 Å². The molecule has 1 aliphatic rings. The Labute approximate surface area is 149 Å². The van der Waals surface area contributed by atoms with Crippen LogP contribution in [0.25, 0.3) is 21.9 Å². The van der Waals surface area contributed by atoms with E-state index >= 15 is 0 Å². The summed E-state index contributed by atoms with van der Waals surface area (Å²) in [5, 5.41) is 2.48. The average molecular weight is 330 g/mol. The summed E-state index contributed by atoms with van der Waals surface area (Å²) in [7, 11) is -0.361. The molecule has 4 rings (SSSR count). The fourth-order valence-electron chi connectivity index (χ4n) is 3.38. The maximum Gasteiger partial charge on any atom is 0.495 e. The van der Waals surface area contributed by atoms with Gasteiger partial charge in [-0.25, -0.2) is 0 Å². The molecule has 3 aromatic rings. The van der Waals surface area contributed by atoms with Crippen LogP contribution in [0.15, 0.2) is 66.7 Å². The van der Waals surface area contributed by atoms with Gasteiger partial charge in [0.15, 0.2) is 0 Å². The molecule has 1 heterocycles. The number of benzene rings is 3. The van der Waals surface area contributed by atoms with Gasteiger partial charge in [-0.05, 0) is 55.1 Å². The van der Waals surface area contributed by atoms with E-state index in [4.69, 9.17) is 9.31 Å². The number of rotatable bonds is 2. The van der Waals surface area contributed by atoms with E-state index in [1.165, 1.54) is 16.3 Å². The molecule has 0 atom stereocenters. The maximum atomic E-state index is 6.30. The predicted octanol–water partition coefficient (Wildman–Crippen LogP) is 4.81. The van der Waals surface area contributed by atoms with Crippen LogP contribution in [0.2, 0.25) is 0 Å².